The van der Waals surface area contributed by atoms with Crippen molar-refractivity contribution < 1.29 is 5.21 Å². The summed E-state index contributed by atoms with van der Waals surface area (Å²) in [6.07, 6.45) is 0. The molecule has 0 unspecified atom stereocenters. The predicted molar refractivity (Wildman–Crippen MR) is 96.3 cm³/mol. The first-order valence-electron chi connectivity index (χ1n) is 7.94. The van der Waals surface area contributed by atoms with Crippen molar-refractivity contribution in [1.29, 1.82) is 0 Å². The summed E-state index contributed by atoms with van der Waals surface area (Å²) in [6, 6.07) is 29.2. The number of hydrogen-bond donors (Lipinski definition) is 1. The first kappa shape index (κ1) is 16.0. The van der Waals surface area contributed by atoms with Crippen molar-refractivity contribution in [3.8, 4) is 11.8 Å². The van der Waals surface area contributed by atoms with Crippen LogP contribution in [0, 0.1) is 11.8 Å². The molecule has 0 amide bonds. The molecular formula is C22H19NO. The summed E-state index contributed by atoms with van der Waals surface area (Å²) in [5.41, 5.74) is 2.95. The molecule has 0 radical (unpaired) electrons. The quantitative estimate of drug-likeness (QED) is 0.559. The maximum Gasteiger partial charge on any atom is 0.121 e. The molecule has 118 valence electrons. The van der Waals surface area contributed by atoms with Gasteiger partial charge in [-0.3, -0.25) is 0 Å². The molecule has 0 saturated heterocycles. The summed E-state index contributed by atoms with van der Waals surface area (Å²) in [7, 11) is 0. The first-order valence-corrected chi connectivity index (χ1v) is 7.94. The second kappa shape index (κ2) is 8.12. The summed E-state index contributed by atoms with van der Waals surface area (Å²) < 4.78 is 0. The van der Waals surface area contributed by atoms with E-state index < -0.39 is 0 Å². The van der Waals surface area contributed by atoms with Crippen molar-refractivity contribution >= 4 is 0 Å². The molecule has 1 atom stereocenters. The van der Waals surface area contributed by atoms with Gasteiger partial charge in [0.1, 0.15) is 6.04 Å². The Morgan fingerprint density at radius 3 is 1.92 bits per heavy atom. The Bertz CT molecular complexity index is 804. The van der Waals surface area contributed by atoms with E-state index in [1.807, 2.05) is 91.0 Å². The summed E-state index contributed by atoms with van der Waals surface area (Å²) in [5.74, 6) is 6.36. The summed E-state index contributed by atoms with van der Waals surface area (Å²) in [6.45, 7) is 0.421. The lowest BCUT2D eigenvalue weighted by Crippen LogP contribution is -2.24. The van der Waals surface area contributed by atoms with Crippen LogP contribution >= 0.6 is 0 Å². The summed E-state index contributed by atoms with van der Waals surface area (Å²) in [5, 5.41) is 11.9. The molecular weight excluding hydrogens is 294 g/mol. The zero-order valence-corrected chi connectivity index (χ0v) is 13.3. The molecule has 0 aliphatic heterocycles. The molecule has 0 spiro atoms. The third-order valence-corrected chi connectivity index (χ3v) is 3.73. The van der Waals surface area contributed by atoms with Gasteiger partial charge < -0.3 is 5.21 Å². The van der Waals surface area contributed by atoms with E-state index in [1.165, 1.54) is 5.06 Å². The maximum atomic E-state index is 10.6. The molecule has 0 aliphatic rings. The second-order valence-corrected chi connectivity index (χ2v) is 5.53. The molecule has 0 aliphatic carbocycles. The minimum atomic E-state index is -0.383. The van der Waals surface area contributed by atoms with Crippen molar-refractivity contribution in [3.63, 3.8) is 0 Å². The van der Waals surface area contributed by atoms with Crippen LogP contribution < -0.4 is 0 Å². The van der Waals surface area contributed by atoms with Gasteiger partial charge in [0.2, 0.25) is 0 Å². The van der Waals surface area contributed by atoms with E-state index in [4.69, 9.17) is 0 Å². The van der Waals surface area contributed by atoms with Gasteiger partial charge in [0, 0.05) is 5.56 Å². The topological polar surface area (TPSA) is 23.5 Å². The Kier molecular flexibility index (Phi) is 5.42. The monoisotopic (exact) mass is 313 g/mol. The molecule has 0 fully saturated rings. The van der Waals surface area contributed by atoms with Crippen LogP contribution in [0.4, 0.5) is 0 Å². The fraction of sp³-hybridized carbons (Fsp3) is 0.0909. The minimum Gasteiger partial charge on any atom is -0.312 e. The van der Waals surface area contributed by atoms with Crippen molar-refractivity contribution in [1.82, 2.24) is 5.06 Å². The smallest absolute Gasteiger partial charge is 0.121 e. The van der Waals surface area contributed by atoms with E-state index in [-0.39, 0.29) is 6.04 Å². The van der Waals surface area contributed by atoms with Crippen molar-refractivity contribution in [2.75, 3.05) is 0 Å². The van der Waals surface area contributed by atoms with Crippen LogP contribution in [0.5, 0.6) is 0 Å². The van der Waals surface area contributed by atoms with E-state index >= 15 is 0 Å². The second-order valence-electron chi connectivity index (χ2n) is 5.53. The highest BCUT2D eigenvalue weighted by atomic mass is 16.5. The summed E-state index contributed by atoms with van der Waals surface area (Å²) in [4.78, 5) is 0. The molecule has 2 nitrogen and oxygen atoms in total. The van der Waals surface area contributed by atoms with Gasteiger partial charge in [-0.1, -0.05) is 90.7 Å². The molecule has 3 aromatic rings. The van der Waals surface area contributed by atoms with Crippen molar-refractivity contribution in [3.05, 3.63) is 108 Å². The average molecular weight is 313 g/mol. The fourth-order valence-electron chi connectivity index (χ4n) is 2.50. The van der Waals surface area contributed by atoms with Crippen LogP contribution in [0.3, 0.4) is 0 Å². The van der Waals surface area contributed by atoms with Gasteiger partial charge in [-0.15, -0.1) is 0 Å². The molecule has 3 aromatic carbocycles. The molecule has 3 rings (SSSR count). The van der Waals surface area contributed by atoms with Crippen LogP contribution in [0.2, 0.25) is 0 Å². The number of hydrogen-bond acceptors (Lipinski definition) is 2. The van der Waals surface area contributed by atoms with Crippen LogP contribution in [0.1, 0.15) is 22.7 Å². The van der Waals surface area contributed by atoms with Gasteiger partial charge in [0.25, 0.3) is 0 Å². The average Bonchev–Trinajstić information content (AvgIpc) is 2.64. The van der Waals surface area contributed by atoms with Gasteiger partial charge >= 0.3 is 0 Å². The Morgan fingerprint density at radius 1 is 0.750 bits per heavy atom. The maximum absolute atomic E-state index is 10.6. The highest BCUT2D eigenvalue weighted by Gasteiger charge is 2.16. The van der Waals surface area contributed by atoms with Crippen LogP contribution in [-0.4, -0.2) is 10.3 Å². The fourth-order valence-corrected chi connectivity index (χ4v) is 2.50. The Balaban J connectivity index is 1.86. The lowest BCUT2D eigenvalue weighted by Gasteiger charge is -2.22. The molecule has 2 heteroatoms. The molecule has 0 heterocycles. The van der Waals surface area contributed by atoms with E-state index in [0.29, 0.717) is 6.54 Å². The van der Waals surface area contributed by atoms with Crippen LogP contribution in [-0.2, 0) is 6.54 Å². The number of nitrogens with zero attached hydrogens (tertiary/aromatic N) is 1. The van der Waals surface area contributed by atoms with Crippen LogP contribution in [0.25, 0.3) is 0 Å². The lowest BCUT2D eigenvalue weighted by molar-refractivity contribution is -0.121. The SMILES string of the molecule is ON(Cc1ccccc1)[C@@H](C#Cc1ccccc1)c1ccccc1. The summed E-state index contributed by atoms with van der Waals surface area (Å²) >= 11 is 0. The van der Waals surface area contributed by atoms with E-state index in [9.17, 15) is 5.21 Å². The molecule has 0 aromatic heterocycles. The van der Waals surface area contributed by atoms with Gasteiger partial charge in [0.05, 0.1) is 6.54 Å². The van der Waals surface area contributed by atoms with Crippen molar-refractivity contribution in [2.45, 2.75) is 12.6 Å². The zero-order valence-electron chi connectivity index (χ0n) is 13.3. The van der Waals surface area contributed by atoms with E-state index in [2.05, 4.69) is 11.8 Å². The Morgan fingerprint density at radius 2 is 1.29 bits per heavy atom. The third kappa shape index (κ3) is 4.33. The highest BCUT2D eigenvalue weighted by molar-refractivity contribution is 5.37. The van der Waals surface area contributed by atoms with Crippen molar-refractivity contribution in [2.24, 2.45) is 0 Å². The van der Waals surface area contributed by atoms with Gasteiger partial charge in [-0.2, -0.15) is 5.06 Å². The minimum absolute atomic E-state index is 0.383. The number of rotatable bonds is 4. The molecule has 0 saturated carbocycles. The van der Waals surface area contributed by atoms with E-state index in [0.717, 1.165) is 16.7 Å². The van der Waals surface area contributed by atoms with Gasteiger partial charge in [0.15, 0.2) is 0 Å². The first-order chi connectivity index (χ1) is 11.8. The van der Waals surface area contributed by atoms with Gasteiger partial charge in [-0.05, 0) is 23.3 Å². The standard InChI is InChI=1S/C22H19NO/c24-23(18-20-12-6-2-7-13-20)22(21-14-8-3-9-15-21)17-16-19-10-4-1-5-11-19/h1-15,22,24H,18H2/t22-/m0/s1. The van der Waals surface area contributed by atoms with Crippen LogP contribution in [0.15, 0.2) is 91.0 Å². The molecule has 0 bridgehead atoms. The van der Waals surface area contributed by atoms with Gasteiger partial charge in [-0.25, -0.2) is 0 Å². The number of hydroxylamine groups is 2. The van der Waals surface area contributed by atoms with E-state index in [1.54, 1.807) is 0 Å². The number of benzene rings is 3. The largest absolute Gasteiger partial charge is 0.312 e. The molecule has 24 heavy (non-hydrogen) atoms. The highest BCUT2D eigenvalue weighted by Crippen LogP contribution is 2.20. The normalized spacial score (nSPS) is 11.6. The Labute approximate surface area is 143 Å². The predicted octanol–water partition coefficient (Wildman–Crippen LogP) is 4.67. The Hall–Kier alpha value is -2.86. The zero-order chi connectivity index (χ0) is 16.6. The third-order valence-electron chi connectivity index (χ3n) is 3.73. The lowest BCUT2D eigenvalue weighted by atomic mass is 10.1. The molecule has 1 N–H and O–H groups in total.